The van der Waals surface area contributed by atoms with E-state index in [0.29, 0.717) is 17.1 Å². The van der Waals surface area contributed by atoms with Crippen molar-refractivity contribution >= 4 is 5.69 Å². The van der Waals surface area contributed by atoms with Crippen LogP contribution in [0.1, 0.15) is 11.1 Å². The Morgan fingerprint density at radius 2 is 1.89 bits per heavy atom. The minimum atomic E-state index is -0.449. The molecule has 2 rings (SSSR count). The number of phenols is 1. The fourth-order valence-corrected chi connectivity index (χ4v) is 1.78. The average Bonchev–Trinajstić information content (AvgIpc) is 2.30. The third-order valence-corrected chi connectivity index (χ3v) is 2.63. The second-order valence-corrected chi connectivity index (χ2v) is 4.31. The van der Waals surface area contributed by atoms with Gasteiger partial charge in [-0.3, -0.25) is 10.1 Å². The Labute approximate surface area is 110 Å². The van der Waals surface area contributed by atoms with Gasteiger partial charge in [0.25, 0.3) is 5.69 Å². The van der Waals surface area contributed by atoms with Crippen molar-refractivity contribution in [1.82, 2.24) is 0 Å². The molecule has 2 aromatic rings. The summed E-state index contributed by atoms with van der Waals surface area (Å²) >= 11 is 0. The molecule has 1 N–H and O–H groups in total. The Morgan fingerprint density at radius 1 is 1.16 bits per heavy atom. The predicted molar refractivity (Wildman–Crippen MR) is 70.8 cm³/mol. The first-order valence-electron chi connectivity index (χ1n) is 5.69. The number of nitro benzene ring substituents is 1. The summed E-state index contributed by atoms with van der Waals surface area (Å²) in [7, 11) is 0. The van der Waals surface area contributed by atoms with Crippen molar-refractivity contribution in [2.45, 2.75) is 13.8 Å². The number of benzene rings is 2. The molecule has 98 valence electrons. The van der Waals surface area contributed by atoms with Crippen LogP contribution in [0.2, 0.25) is 0 Å². The smallest absolute Gasteiger partial charge is 0.269 e. The van der Waals surface area contributed by atoms with Crippen molar-refractivity contribution in [3.8, 4) is 17.2 Å². The molecule has 19 heavy (non-hydrogen) atoms. The molecular formula is C14H13NO4. The van der Waals surface area contributed by atoms with Crippen LogP contribution in [0.5, 0.6) is 17.2 Å². The number of aryl methyl sites for hydroxylation is 2. The first-order chi connectivity index (χ1) is 8.95. The van der Waals surface area contributed by atoms with Gasteiger partial charge in [-0.2, -0.15) is 0 Å². The number of ether oxygens (including phenoxy) is 1. The molecule has 0 radical (unpaired) electrons. The molecule has 0 amide bonds. The third kappa shape index (κ3) is 3.01. The van der Waals surface area contributed by atoms with Crippen LogP contribution in [0.15, 0.2) is 36.4 Å². The van der Waals surface area contributed by atoms with Gasteiger partial charge in [0.2, 0.25) is 0 Å². The molecule has 0 heterocycles. The maximum atomic E-state index is 10.6. The number of non-ortho nitro benzene ring substituents is 1. The van der Waals surface area contributed by atoms with E-state index in [1.54, 1.807) is 25.1 Å². The number of phenolic OH excluding ortho intramolecular Hbond substituents is 1. The van der Waals surface area contributed by atoms with Crippen LogP contribution in [0, 0.1) is 24.0 Å². The van der Waals surface area contributed by atoms with Crippen LogP contribution in [-0.2, 0) is 0 Å². The molecule has 5 nitrogen and oxygen atoms in total. The van der Waals surface area contributed by atoms with Gasteiger partial charge >= 0.3 is 0 Å². The van der Waals surface area contributed by atoms with E-state index in [4.69, 9.17) is 4.74 Å². The van der Waals surface area contributed by atoms with Gasteiger partial charge in [0.15, 0.2) is 0 Å². The highest BCUT2D eigenvalue weighted by atomic mass is 16.6. The molecule has 0 bridgehead atoms. The largest absolute Gasteiger partial charge is 0.508 e. The minimum absolute atomic E-state index is 0.0249. The van der Waals surface area contributed by atoms with Gasteiger partial charge in [-0.15, -0.1) is 0 Å². The van der Waals surface area contributed by atoms with Gasteiger partial charge in [0.1, 0.15) is 17.2 Å². The normalized spacial score (nSPS) is 10.2. The number of hydrogen-bond donors (Lipinski definition) is 1. The van der Waals surface area contributed by atoms with Crippen LogP contribution >= 0.6 is 0 Å². The lowest BCUT2D eigenvalue weighted by Crippen LogP contribution is -1.92. The molecule has 0 aliphatic heterocycles. The fourth-order valence-electron chi connectivity index (χ4n) is 1.78. The lowest BCUT2D eigenvalue weighted by molar-refractivity contribution is -0.384. The second-order valence-electron chi connectivity index (χ2n) is 4.31. The third-order valence-electron chi connectivity index (χ3n) is 2.63. The van der Waals surface area contributed by atoms with Crippen LogP contribution in [0.4, 0.5) is 5.69 Å². The molecular weight excluding hydrogens is 246 g/mol. The van der Waals surface area contributed by atoms with Crippen molar-refractivity contribution in [3.63, 3.8) is 0 Å². The summed E-state index contributed by atoms with van der Waals surface area (Å²) in [4.78, 5) is 10.2. The molecule has 0 fully saturated rings. The van der Waals surface area contributed by atoms with E-state index >= 15 is 0 Å². The van der Waals surface area contributed by atoms with Crippen LogP contribution in [0.25, 0.3) is 0 Å². The number of nitrogens with zero attached hydrogens (tertiary/aromatic N) is 1. The summed E-state index contributed by atoms with van der Waals surface area (Å²) in [6, 6.07) is 9.28. The highest BCUT2D eigenvalue weighted by Gasteiger charge is 2.10. The lowest BCUT2D eigenvalue weighted by Gasteiger charge is -2.09. The molecule has 0 spiro atoms. The van der Waals surface area contributed by atoms with E-state index in [0.717, 1.165) is 5.56 Å². The molecule has 0 saturated carbocycles. The summed E-state index contributed by atoms with van der Waals surface area (Å²) in [5.41, 5.74) is 1.56. The van der Waals surface area contributed by atoms with Gasteiger partial charge < -0.3 is 9.84 Å². The van der Waals surface area contributed by atoms with Gasteiger partial charge in [0.05, 0.1) is 4.92 Å². The van der Waals surface area contributed by atoms with Gasteiger partial charge in [0, 0.05) is 18.2 Å². The standard InChI is InChI=1S/C14H13NO4/c1-9-5-12(16)8-13(6-9)19-14-4-3-11(15(17)18)7-10(14)2/h3-8,16H,1-2H3. The monoisotopic (exact) mass is 259 g/mol. The van der Waals surface area contributed by atoms with E-state index in [9.17, 15) is 15.2 Å². The molecule has 0 saturated heterocycles. The quantitative estimate of drug-likeness (QED) is 0.673. The van der Waals surface area contributed by atoms with Crippen LogP contribution in [-0.4, -0.2) is 10.0 Å². The number of rotatable bonds is 3. The van der Waals surface area contributed by atoms with Crippen LogP contribution in [0.3, 0.4) is 0 Å². The van der Waals surface area contributed by atoms with E-state index in [1.165, 1.54) is 18.2 Å². The average molecular weight is 259 g/mol. The highest BCUT2D eigenvalue weighted by Crippen LogP contribution is 2.30. The first kappa shape index (κ1) is 12.9. The number of hydrogen-bond acceptors (Lipinski definition) is 4. The Balaban J connectivity index is 2.30. The maximum absolute atomic E-state index is 10.6. The summed E-state index contributed by atoms with van der Waals surface area (Å²) in [6.07, 6.45) is 0. The van der Waals surface area contributed by atoms with Crippen molar-refractivity contribution < 1.29 is 14.8 Å². The van der Waals surface area contributed by atoms with E-state index < -0.39 is 4.92 Å². The fraction of sp³-hybridized carbons (Fsp3) is 0.143. The Morgan fingerprint density at radius 3 is 2.47 bits per heavy atom. The first-order valence-corrected chi connectivity index (χ1v) is 5.69. The topological polar surface area (TPSA) is 72.6 Å². The van der Waals surface area contributed by atoms with Crippen LogP contribution < -0.4 is 4.74 Å². The lowest BCUT2D eigenvalue weighted by atomic mass is 10.2. The molecule has 0 aliphatic rings. The van der Waals surface area contributed by atoms with Crippen molar-refractivity contribution in [2.24, 2.45) is 0 Å². The SMILES string of the molecule is Cc1cc(O)cc(Oc2ccc([N+](=O)[O-])cc2C)c1. The van der Waals surface area contributed by atoms with Gasteiger partial charge in [-0.25, -0.2) is 0 Å². The Bertz CT molecular complexity index is 617. The number of aromatic hydroxyl groups is 1. The molecule has 0 aliphatic carbocycles. The van der Waals surface area contributed by atoms with Crippen molar-refractivity contribution in [3.05, 3.63) is 57.6 Å². The maximum Gasteiger partial charge on any atom is 0.269 e. The molecule has 5 heteroatoms. The molecule has 0 unspecified atom stereocenters. The van der Waals surface area contributed by atoms with Gasteiger partial charge in [-0.1, -0.05) is 0 Å². The van der Waals surface area contributed by atoms with Gasteiger partial charge in [-0.05, 0) is 43.2 Å². The molecule has 0 aromatic heterocycles. The highest BCUT2D eigenvalue weighted by molar-refractivity contribution is 5.46. The second kappa shape index (κ2) is 4.97. The van der Waals surface area contributed by atoms with Crippen molar-refractivity contribution in [2.75, 3.05) is 0 Å². The minimum Gasteiger partial charge on any atom is -0.508 e. The van der Waals surface area contributed by atoms with E-state index in [1.807, 2.05) is 6.92 Å². The molecule has 0 atom stereocenters. The zero-order valence-corrected chi connectivity index (χ0v) is 10.6. The Kier molecular flexibility index (Phi) is 3.37. The van der Waals surface area contributed by atoms with E-state index in [2.05, 4.69) is 0 Å². The number of nitro groups is 1. The summed E-state index contributed by atoms with van der Waals surface area (Å²) in [6.45, 7) is 3.58. The zero-order valence-electron chi connectivity index (χ0n) is 10.6. The van der Waals surface area contributed by atoms with Crippen molar-refractivity contribution in [1.29, 1.82) is 0 Å². The molecule has 2 aromatic carbocycles. The summed E-state index contributed by atoms with van der Waals surface area (Å²) < 4.78 is 5.62. The summed E-state index contributed by atoms with van der Waals surface area (Å²) in [5, 5.41) is 20.1. The Hall–Kier alpha value is -2.56. The zero-order chi connectivity index (χ0) is 14.0. The predicted octanol–water partition coefficient (Wildman–Crippen LogP) is 3.71. The van der Waals surface area contributed by atoms with E-state index in [-0.39, 0.29) is 11.4 Å². The summed E-state index contributed by atoms with van der Waals surface area (Å²) in [5.74, 6) is 1.14.